The first kappa shape index (κ1) is 25.0. The summed E-state index contributed by atoms with van der Waals surface area (Å²) in [4.78, 5) is 12.8. The van der Waals surface area contributed by atoms with E-state index in [0.29, 0.717) is 17.4 Å². The highest BCUT2D eigenvalue weighted by Gasteiger charge is 2.18. The minimum atomic E-state index is -3.92. The van der Waals surface area contributed by atoms with Crippen LogP contribution < -0.4 is 14.9 Å². The SMILES string of the molecule is O=C(NN=Cc1cccc(OCc2ccccc2)c1)c1ccccc1NS(=O)(=O)c1ccc(Cl)cc1. The maximum absolute atomic E-state index is 12.7. The Balaban J connectivity index is 1.41. The first-order valence-electron chi connectivity index (χ1n) is 10.9. The molecule has 0 aromatic heterocycles. The van der Waals surface area contributed by atoms with E-state index in [2.05, 4.69) is 15.2 Å². The number of anilines is 1. The lowest BCUT2D eigenvalue weighted by molar-refractivity contribution is 0.0956. The van der Waals surface area contributed by atoms with Gasteiger partial charge in [-0.05, 0) is 59.7 Å². The molecule has 0 radical (unpaired) electrons. The molecule has 0 aliphatic rings. The van der Waals surface area contributed by atoms with E-state index < -0.39 is 15.9 Å². The Hall–Kier alpha value is -4.14. The maximum atomic E-state index is 12.7. The molecule has 0 aliphatic heterocycles. The predicted molar refractivity (Wildman–Crippen MR) is 141 cm³/mol. The number of carbonyl (C=O) groups is 1. The Labute approximate surface area is 214 Å². The topological polar surface area (TPSA) is 96.9 Å². The molecule has 36 heavy (non-hydrogen) atoms. The smallest absolute Gasteiger partial charge is 0.273 e. The Bertz CT molecular complexity index is 1470. The van der Waals surface area contributed by atoms with Crippen molar-refractivity contribution in [1.82, 2.24) is 5.43 Å². The lowest BCUT2D eigenvalue weighted by Crippen LogP contribution is -2.21. The standard InChI is InChI=1S/C27H22ClN3O4S/c28-22-13-15-24(16-14-22)36(33,34)31-26-12-5-4-11-25(26)27(32)30-29-18-21-9-6-10-23(17-21)35-19-20-7-2-1-3-8-20/h1-18,31H,19H2,(H,30,32). The first-order chi connectivity index (χ1) is 17.4. The van der Waals surface area contributed by atoms with Crippen molar-refractivity contribution in [3.05, 3.63) is 125 Å². The van der Waals surface area contributed by atoms with E-state index in [4.69, 9.17) is 16.3 Å². The molecule has 0 bridgehead atoms. The second-order valence-corrected chi connectivity index (χ2v) is 9.77. The van der Waals surface area contributed by atoms with E-state index in [1.54, 1.807) is 18.2 Å². The third-order valence-electron chi connectivity index (χ3n) is 5.03. The van der Waals surface area contributed by atoms with Crippen LogP contribution in [0.15, 0.2) is 113 Å². The summed E-state index contributed by atoms with van der Waals surface area (Å²) in [5, 5.41) is 4.43. The number of nitrogens with zero attached hydrogens (tertiary/aromatic N) is 1. The molecule has 9 heteroatoms. The van der Waals surface area contributed by atoms with Crippen molar-refractivity contribution in [2.75, 3.05) is 4.72 Å². The van der Waals surface area contributed by atoms with E-state index in [-0.39, 0.29) is 16.1 Å². The lowest BCUT2D eigenvalue weighted by atomic mass is 10.2. The molecule has 0 saturated carbocycles. The van der Waals surface area contributed by atoms with Crippen molar-refractivity contribution in [1.29, 1.82) is 0 Å². The fraction of sp³-hybridized carbons (Fsp3) is 0.0370. The molecular formula is C27H22ClN3O4S. The van der Waals surface area contributed by atoms with Gasteiger partial charge in [-0.15, -0.1) is 0 Å². The van der Waals surface area contributed by atoms with Crippen LogP contribution in [0.4, 0.5) is 5.69 Å². The minimum absolute atomic E-state index is 0.0227. The second-order valence-electron chi connectivity index (χ2n) is 7.65. The molecule has 0 heterocycles. The third kappa shape index (κ3) is 6.71. The monoisotopic (exact) mass is 519 g/mol. The number of carbonyl (C=O) groups excluding carboxylic acids is 1. The Kier molecular flexibility index (Phi) is 7.99. The van der Waals surface area contributed by atoms with Crippen LogP contribution in [0.5, 0.6) is 5.75 Å². The zero-order valence-electron chi connectivity index (χ0n) is 19.0. The predicted octanol–water partition coefficient (Wildman–Crippen LogP) is 5.48. The van der Waals surface area contributed by atoms with Crippen molar-refractivity contribution in [2.45, 2.75) is 11.5 Å². The van der Waals surface area contributed by atoms with Gasteiger partial charge < -0.3 is 4.74 Å². The number of ether oxygens (including phenoxy) is 1. The van der Waals surface area contributed by atoms with Gasteiger partial charge in [0.2, 0.25) is 0 Å². The molecule has 0 fully saturated rings. The Morgan fingerprint density at radius 1 is 0.889 bits per heavy atom. The van der Waals surface area contributed by atoms with Gasteiger partial charge in [0, 0.05) is 5.02 Å². The van der Waals surface area contributed by atoms with E-state index >= 15 is 0 Å². The maximum Gasteiger partial charge on any atom is 0.273 e. The molecule has 0 unspecified atom stereocenters. The van der Waals surface area contributed by atoms with Crippen LogP contribution in [-0.2, 0) is 16.6 Å². The molecule has 2 N–H and O–H groups in total. The Morgan fingerprint density at radius 2 is 1.61 bits per heavy atom. The van der Waals surface area contributed by atoms with Crippen LogP contribution >= 0.6 is 11.6 Å². The lowest BCUT2D eigenvalue weighted by Gasteiger charge is -2.12. The van der Waals surface area contributed by atoms with Gasteiger partial charge >= 0.3 is 0 Å². The summed E-state index contributed by atoms with van der Waals surface area (Å²) in [6.45, 7) is 0.431. The summed E-state index contributed by atoms with van der Waals surface area (Å²) >= 11 is 5.84. The van der Waals surface area contributed by atoms with Gasteiger partial charge in [0.15, 0.2) is 0 Å². The summed E-state index contributed by atoms with van der Waals surface area (Å²) in [6.07, 6.45) is 1.48. The number of rotatable bonds is 9. The molecular weight excluding hydrogens is 498 g/mol. The van der Waals surface area contributed by atoms with Crippen LogP contribution in [-0.4, -0.2) is 20.5 Å². The van der Waals surface area contributed by atoms with Gasteiger partial charge in [0.05, 0.1) is 22.4 Å². The highest BCUT2D eigenvalue weighted by atomic mass is 35.5. The summed E-state index contributed by atoms with van der Waals surface area (Å²) in [5.74, 6) is 0.0909. The molecule has 4 rings (SSSR count). The van der Waals surface area contributed by atoms with Crippen molar-refractivity contribution >= 4 is 39.4 Å². The number of hydrogen-bond donors (Lipinski definition) is 2. The molecule has 4 aromatic carbocycles. The van der Waals surface area contributed by atoms with Gasteiger partial charge in [-0.3, -0.25) is 9.52 Å². The van der Waals surface area contributed by atoms with E-state index in [9.17, 15) is 13.2 Å². The molecule has 0 aliphatic carbocycles. The fourth-order valence-electron chi connectivity index (χ4n) is 3.24. The first-order valence-corrected chi connectivity index (χ1v) is 12.7. The fourth-order valence-corrected chi connectivity index (χ4v) is 4.44. The van der Waals surface area contributed by atoms with Crippen molar-refractivity contribution in [2.24, 2.45) is 5.10 Å². The summed E-state index contributed by atoms with van der Waals surface area (Å²) < 4.78 is 33.7. The normalized spacial score (nSPS) is 11.2. The molecule has 0 saturated heterocycles. The number of hydrogen-bond acceptors (Lipinski definition) is 5. The van der Waals surface area contributed by atoms with Crippen LogP contribution in [0.25, 0.3) is 0 Å². The zero-order chi connectivity index (χ0) is 25.4. The Morgan fingerprint density at radius 3 is 2.39 bits per heavy atom. The van der Waals surface area contributed by atoms with E-state index in [1.165, 1.54) is 42.6 Å². The van der Waals surface area contributed by atoms with Crippen molar-refractivity contribution in [3.8, 4) is 5.75 Å². The second kappa shape index (κ2) is 11.5. The highest BCUT2D eigenvalue weighted by Crippen LogP contribution is 2.21. The van der Waals surface area contributed by atoms with Gasteiger partial charge in [0.25, 0.3) is 15.9 Å². The molecule has 0 atom stereocenters. The number of benzene rings is 4. The molecule has 7 nitrogen and oxygen atoms in total. The van der Waals surface area contributed by atoms with Crippen LogP contribution in [0.2, 0.25) is 5.02 Å². The average Bonchev–Trinajstić information content (AvgIpc) is 2.89. The summed E-state index contributed by atoms with van der Waals surface area (Å²) in [5.41, 5.74) is 4.45. The average molecular weight is 520 g/mol. The number of hydrazone groups is 1. The van der Waals surface area contributed by atoms with Gasteiger partial charge in [-0.2, -0.15) is 5.10 Å². The number of nitrogens with one attached hydrogen (secondary N) is 2. The number of para-hydroxylation sites is 1. The largest absolute Gasteiger partial charge is 0.489 e. The summed E-state index contributed by atoms with van der Waals surface area (Å²) in [6, 6.07) is 29.1. The molecule has 182 valence electrons. The van der Waals surface area contributed by atoms with Crippen LogP contribution in [0, 0.1) is 0 Å². The quantitative estimate of drug-likeness (QED) is 0.226. The van der Waals surface area contributed by atoms with Crippen molar-refractivity contribution < 1.29 is 17.9 Å². The van der Waals surface area contributed by atoms with E-state index in [1.807, 2.05) is 48.5 Å². The number of sulfonamides is 1. The molecule has 4 aromatic rings. The van der Waals surface area contributed by atoms with Crippen molar-refractivity contribution in [3.63, 3.8) is 0 Å². The van der Waals surface area contributed by atoms with Crippen LogP contribution in [0.3, 0.4) is 0 Å². The molecule has 0 spiro atoms. The van der Waals surface area contributed by atoms with Gasteiger partial charge in [-0.25, -0.2) is 13.8 Å². The third-order valence-corrected chi connectivity index (χ3v) is 6.66. The van der Waals surface area contributed by atoms with Crippen LogP contribution in [0.1, 0.15) is 21.5 Å². The molecule has 1 amide bonds. The van der Waals surface area contributed by atoms with Gasteiger partial charge in [-0.1, -0.05) is 66.2 Å². The number of halogens is 1. The highest BCUT2D eigenvalue weighted by molar-refractivity contribution is 7.92. The zero-order valence-corrected chi connectivity index (χ0v) is 20.5. The number of amides is 1. The van der Waals surface area contributed by atoms with Gasteiger partial charge in [0.1, 0.15) is 12.4 Å². The summed E-state index contributed by atoms with van der Waals surface area (Å²) in [7, 11) is -3.92. The van der Waals surface area contributed by atoms with E-state index in [0.717, 1.165) is 11.1 Å². The minimum Gasteiger partial charge on any atom is -0.489 e.